The van der Waals surface area contributed by atoms with E-state index in [9.17, 15) is 4.79 Å². The number of thiophene rings is 1. The van der Waals surface area contributed by atoms with Gasteiger partial charge in [-0.3, -0.25) is 9.69 Å². The minimum absolute atomic E-state index is 0.117. The SMILES string of the molecule is NC1=NC(c2ccccc2)(c2ccccc2)C(=O)N1Cc1ccsc1. The Morgan fingerprint density at radius 2 is 1.56 bits per heavy atom. The molecule has 0 radical (unpaired) electrons. The number of nitrogens with zero attached hydrogens (tertiary/aromatic N) is 2. The fourth-order valence-corrected chi connectivity index (χ4v) is 3.86. The Labute approximate surface area is 150 Å². The van der Waals surface area contributed by atoms with E-state index >= 15 is 0 Å². The van der Waals surface area contributed by atoms with Crippen LogP contribution in [-0.4, -0.2) is 16.8 Å². The second-order valence-corrected chi connectivity index (χ2v) is 6.72. The summed E-state index contributed by atoms with van der Waals surface area (Å²) in [5.74, 6) is 0.137. The van der Waals surface area contributed by atoms with Gasteiger partial charge in [-0.1, -0.05) is 60.7 Å². The van der Waals surface area contributed by atoms with Crippen molar-refractivity contribution in [3.05, 3.63) is 94.2 Å². The van der Waals surface area contributed by atoms with Crippen LogP contribution in [0.15, 0.2) is 82.5 Å². The van der Waals surface area contributed by atoms with Crippen LogP contribution >= 0.6 is 11.3 Å². The second kappa shape index (κ2) is 6.18. The van der Waals surface area contributed by atoms with Gasteiger partial charge in [0.15, 0.2) is 11.5 Å². The van der Waals surface area contributed by atoms with Gasteiger partial charge in [0.25, 0.3) is 5.91 Å². The predicted octanol–water partition coefficient (Wildman–Crippen LogP) is 3.35. The lowest BCUT2D eigenvalue weighted by atomic mass is 9.83. The number of rotatable bonds is 4. The van der Waals surface area contributed by atoms with Gasteiger partial charge in [-0.15, -0.1) is 0 Å². The Bertz CT molecular complexity index is 865. The van der Waals surface area contributed by atoms with Crippen molar-refractivity contribution in [1.82, 2.24) is 4.90 Å². The molecule has 4 nitrogen and oxygen atoms in total. The highest BCUT2D eigenvalue weighted by atomic mass is 32.1. The van der Waals surface area contributed by atoms with Gasteiger partial charge in [-0.2, -0.15) is 11.3 Å². The zero-order valence-electron chi connectivity index (χ0n) is 13.5. The van der Waals surface area contributed by atoms with Gasteiger partial charge in [0.05, 0.1) is 6.54 Å². The lowest BCUT2D eigenvalue weighted by Gasteiger charge is -2.27. The Balaban J connectivity index is 1.84. The van der Waals surface area contributed by atoms with Crippen molar-refractivity contribution < 1.29 is 4.79 Å². The Hall–Kier alpha value is -2.92. The van der Waals surface area contributed by atoms with Crippen molar-refractivity contribution in [3.8, 4) is 0 Å². The summed E-state index contributed by atoms with van der Waals surface area (Å²) < 4.78 is 0. The molecule has 0 bridgehead atoms. The van der Waals surface area contributed by atoms with Crippen LogP contribution < -0.4 is 5.73 Å². The molecule has 5 heteroatoms. The molecule has 124 valence electrons. The number of benzene rings is 2. The minimum Gasteiger partial charge on any atom is -0.369 e. The maximum absolute atomic E-state index is 13.5. The molecule has 0 unspecified atom stereocenters. The molecular weight excluding hydrogens is 330 g/mol. The van der Waals surface area contributed by atoms with E-state index in [1.165, 1.54) is 0 Å². The van der Waals surface area contributed by atoms with Crippen LogP contribution in [0.5, 0.6) is 0 Å². The largest absolute Gasteiger partial charge is 0.369 e. The maximum Gasteiger partial charge on any atom is 0.266 e. The average molecular weight is 347 g/mol. The zero-order valence-corrected chi connectivity index (χ0v) is 14.3. The monoisotopic (exact) mass is 347 g/mol. The van der Waals surface area contributed by atoms with Crippen LogP contribution in [0.25, 0.3) is 0 Å². The highest BCUT2D eigenvalue weighted by Gasteiger charge is 2.50. The molecule has 0 saturated heterocycles. The van der Waals surface area contributed by atoms with E-state index in [2.05, 4.69) is 4.99 Å². The van der Waals surface area contributed by atoms with Crippen molar-refractivity contribution in [2.24, 2.45) is 10.7 Å². The Morgan fingerprint density at radius 3 is 2.08 bits per heavy atom. The Kier molecular flexibility index (Phi) is 3.86. The topological polar surface area (TPSA) is 58.7 Å². The summed E-state index contributed by atoms with van der Waals surface area (Å²) in [6.07, 6.45) is 0. The number of amides is 1. The molecule has 0 saturated carbocycles. The summed E-state index contributed by atoms with van der Waals surface area (Å²) in [6.45, 7) is 0.430. The molecule has 1 aromatic heterocycles. The minimum atomic E-state index is -1.12. The fraction of sp³-hybridized carbons (Fsp3) is 0.100. The maximum atomic E-state index is 13.5. The van der Waals surface area contributed by atoms with E-state index in [0.29, 0.717) is 6.54 Å². The van der Waals surface area contributed by atoms with E-state index in [1.807, 2.05) is 77.5 Å². The summed E-state index contributed by atoms with van der Waals surface area (Å²) in [6, 6.07) is 21.2. The van der Waals surface area contributed by atoms with Crippen LogP contribution in [0.4, 0.5) is 0 Å². The molecule has 0 spiro atoms. The summed E-state index contributed by atoms with van der Waals surface area (Å²) >= 11 is 1.60. The average Bonchev–Trinajstić information content (AvgIpc) is 3.26. The number of hydrogen-bond donors (Lipinski definition) is 1. The van der Waals surface area contributed by atoms with Crippen molar-refractivity contribution in [2.75, 3.05) is 0 Å². The number of carbonyl (C=O) groups excluding carboxylic acids is 1. The summed E-state index contributed by atoms with van der Waals surface area (Å²) in [4.78, 5) is 19.7. The quantitative estimate of drug-likeness (QED) is 0.787. The summed E-state index contributed by atoms with van der Waals surface area (Å²) in [7, 11) is 0. The predicted molar refractivity (Wildman–Crippen MR) is 100 cm³/mol. The van der Waals surface area contributed by atoms with E-state index < -0.39 is 5.54 Å². The molecule has 2 aromatic carbocycles. The van der Waals surface area contributed by atoms with E-state index in [1.54, 1.807) is 16.2 Å². The first kappa shape index (κ1) is 15.6. The van der Waals surface area contributed by atoms with Crippen LogP contribution in [0, 0.1) is 0 Å². The number of aliphatic imine (C=N–C) groups is 1. The molecule has 2 N–H and O–H groups in total. The van der Waals surface area contributed by atoms with Gasteiger partial charge in [-0.05, 0) is 33.5 Å². The number of guanidine groups is 1. The molecule has 0 fully saturated rings. The lowest BCUT2D eigenvalue weighted by molar-refractivity contribution is -0.130. The molecular formula is C20H17N3OS. The zero-order chi connectivity index (χ0) is 17.3. The highest BCUT2D eigenvalue weighted by molar-refractivity contribution is 7.07. The summed E-state index contributed by atoms with van der Waals surface area (Å²) in [5, 5.41) is 4.01. The third-order valence-corrected chi connectivity index (χ3v) is 5.15. The number of carbonyl (C=O) groups is 1. The molecule has 1 amide bonds. The molecule has 3 aromatic rings. The van der Waals surface area contributed by atoms with Gasteiger partial charge < -0.3 is 5.73 Å². The first-order valence-corrected chi connectivity index (χ1v) is 8.95. The number of nitrogens with two attached hydrogens (primary N) is 1. The van der Waals surface area contributed by atoms with E-state index in [4.69, 9.17) is 5.73 Å². The Morgan fingerprint density at radius 1 is 0.960 bits per heavy atom. The van der Waals surface area contributed by atoms with Crippen LogP contribution in [0.3, 0.4) is 0 Å². The molecule has 1 aliphatic rings. The van der Waals surface area contributed by atoms with Crippen LogP contribution in [0.2, 0.25) is 0 Å². The van der Waals surface area contributed by atoms with Gasteiger partial charge >= 0.3 is 0 Å². The van der Waals surface area contributed by atoms with Crippen LogP contribution in [0.1, 0.15) is 16.7 Å². The van der Waals surface area contributed by atoms with Crippen molar-refractivity contribution in [2.45, 2.75) is 12.1 Å². The molecule has 2 heterocycles. The first-order chi connectivity index (χ1) is 12.2. The second-order valence-electron chi connectivity index (χ2n) is 5.94. The number of hydrogen-bond acceptors (Lipinski definition) is 4. The van der Waals surface area contributed by atoms with Crippen molar-refractivity contribution in [1.29, 1.82) is 0 Å². The lowest BCUT2D eigenvalue weighted by Crippen LogP contribution is -2.43. The summed E-state index contributed by atoms with van der Waals surface area (Å²) in [5.41, 5.74) is 7.76. The standard InChI is InChI=1S/C20H17N3OS/c21-19-22-20(16-7-3-1-4-8-16,17-9-5-2-6-10-17)18(24)23(19)13-15-11-12-25-14-15/h1-12,14H,13H2,(H2,21,22). The third kappa shape index (κ3) is 2.53. The van der Waals surface area contributed by atoms with Gasteiger partial charge in [0.1, 0.15) is 0 Å². The van der Waals surface area contributed by atoms with Gasteiger partial charge in [0, 0.05) is 0 Å². The first-order valence-electron chi connectivity index (χ1n) is 8.01. The van der Waals surface area contributed by atoms with Crippen molar-refractivity contribution >= 4 is 23.2 Å². The highest BCUT2D eigenvalue weighted by Crippen LogP contribution is 2.39. The van der Waals surface area contributed by atoms with E-state index in [0.717, 1.165) is 16.7 Å². The fourth-order valence-electron chi connectivity index (χ4n) is 3.20. The molecule has 0 aliphatic carbocycles. The van der Waals surface area contributed by atoms with Crippen LogP contribution in [-0.2, 0) is 16.9 Å². The van der Waals surface area contributed by atoms with Gasteiger partial charge in [0.2, 0.25) is 0 Å². The van der Waals surface area contributed by atoms with Crippen molar-refractivity contribution in [3.63, 3.8) is 0 Å². The molecule has 25 heavy (non-hydrogen) atoms. The molecule has 0 atom stereocenters. The molecule has 4 rings (SSSR count). The molecule has 1 aliphatic heterocycles. The normalized spacial score (nSPS) is 16.1. The van der Waals surface area contributed by atoms with Gasteiger partial charge in [-0.25, -0.2) is 4.99 Å². The van der Waals surface area contributed by atoms with E-state index in [-0.39, 0.29) is 11.9 Å². The smallest absolute Gasteiger partial charge is 0.266 e. The third-order valence-electron chi connectivity index (χ3n) is 4.42.